The molecule has 1 heterocycles. The van der Waals surface area contributed by atoms with Gasteiger partial charge in [-0.25, -0.2) is 14.4 Å². The van der Waals surface area contributed by atoms with Gasteiger partial charge in [0.05, 0.1) is 5.69 Å². The zero-order valence-electron chi connectivity index (χ0n) is 11.3. The molecule has 0 spiro atoms. The third-order valence-electron chi connectivity index (χ3n) is 2.86. The summed E-state index contributed by atoms with van der Waals surface area (Å²) in [5.41, 5.74) is 2.40. The Balaban J connectivity index is 2.19. The number of aromatic nitrogens is 2. The fraction of sp³-hybridized carbons (Fsp3) is 0.333. The molecule has 4 heteroatoms. The Hall–Kier alpha value is -1.81. The van der Waals surface area contributed by atoms with Crippen molar-refractivity contribution in [3.63, 3.8) is 0 Å². The van der Waals surface area contributed by atoms with Crippen molar-refractivity contribution in [3.05, 3.63) is 47.5 Å². The number of nitrogens with zero attached hydrogens (tertiary/aromatic N) is 2. The van der Waals surface area contributed by atoms with Crippen LogP contribution in [0.5, 0.6) is 0 Å². The summed E-state index contributed by atoms with van der Waals surface area (Å²) in [6.45, 7) is 5.56. The van der Waals surface area contributed by atoms with Crippen molar-refractivity contribution in [1.82, 2.24) is 15.3 Å². The molecule has 2 aromatic rings. The Bertz CT molecular complexity index is 555. The van der Waals surface area contributed by atoms with Crippen molar-refractivity contribution in [2.45, 2.75) is 26.8 Å². The first-order valence-corrected chi connectivity index (χ1v) is 6.50. The van der Waals surface area contributed by atoms with Gasteiger partial charge >= 0.3 is 0 Å². The maximum absolute atomic E-state index is 13.2. The van der Waals surface area contributed by atoms with Gasteiger partial charge in [-0.05, 0) is 49.7 Å². The number of aryl methyl sites for hydroxylation is 1. The van der Waals surface area contributed by atoms with E-state index in [4.69, 9.17) is 0 Å². The van der Waals surface area contributed by atoms with Crippen molar-refractivity contribution in [2.75, 3.05) is 6.54 Å². The van der Waals surface area contributed by atoms with Crippen LogP contribution in [0.15, 0.2) is 30.5 Å². The van der Waals surface area contributed by atoms with E-state index in [2.05, 4.69) is 22.2 Å². The first-order chi connectivity index (χ1) is 9.20. The molecule has 0 amide bonds. The molecule has 1 aromatic carbocycles. The van der Waals surface area contributed by atoms with Crippen LogP contribution in [-0.2, 0) is 6.54 Å². The average Bonchev–Trinajstić information content (AvgIpc) is 2.43. The molecule has 0 aliphatic heterocycles. The summed E-state index contributed by atoms with van der Waals surface area (Å²) >= 11 is 0. The number of rotatable bonds is 5. The number of hydrogen-bond donors (Lipinski definition) is 1. The van der Waals surface area contributed by atoms with E-state index >= 15 is 0 Å². The largest absolute Gasteiger partial charge is 0.311 e. The van der Waals surface area contributed by atoms with E-state index in [9.17, 15) is 4.39 Å². The van der Waals surface area contributed by atoms with Crippen molar-refractivity contribution in [2.24, 2.45) is 0 Å². The molecule has 0 aliphatic rings. The van der Waals surface area contributed by atoms with Crippen molar-refractivity contribution in [3.8, 4) is 11.4 Å². The van der Waals surface area contributed by atoms with E-state index in [1.165, 1.54) is 6.07 Å². The van der Waals surface area contributed by atoms with Gasteiger partial charge in [-0.15, -0.1) is 0 Å². The first kappa shape index (κ1) is 13.6. The molecular weight excluding hydrogens is 241 g/mol. The van der Waals surface area contributed by atoms with Gasteiger partial charge < -0.3 is 5.32 Å². The average molecular weight is 259 g/mol. The lowest BCUT2D eigenvalue weighted by Gasteiger charge is -2.06. The molecule has 100 valence electrons. The SMILES string of the molecule is CCCNCc1ccnc(-c2ccc(F)c(C)c2)n1. The van der Waals surface area contributed by atoms with Crippen molar-refractivity contribution in [1.29, 1.82) is 0 Å². The number of nitrogens with one attached hydrogen (secondary N) is 1. The van der Waals surface area contributed by atoms with Crippen molar-refractivity contribution >= 4 is 0 Å². The van der Waals surface area contributed by atoms with E-state index in [0.29, 0.717) is 11.4 Å². The van der Waals surface area contributed by atoms with Crippen LogP contribution in [0, 0.1) is 12.7 Å². The van der Waals surface area contributed by atoms with Gasteiger partial charge in [-0.1, -0.05) is 6.92 Å². The summed E-state index contributed by atoms with van der Waals surface area (Å²) in [5.74, 6) is 0.434. The number of halogens is 1. The highest BCUT2D eigenvalue weighted by Crippen LogP contribution is 2.18. The number of hydrogen-bond acceptors (Lipinski definition) is 3. The molecule has 19 heavy (non-hydrogen) atoms. The lowest BCUT2D eigenvalue weighted by atomic mass is 10.1. The molecule has 1 N–H and O–H groups in total. The summed E-state index contributed by atoms with van der Waals surface area (Å²) in [5, 5.41) is 3.30. The Morgan fingerprint density at radius 2 is 2.11 bits per heavy atom. The van der Waals surface area contributed by atoms with Crippen molar-refractivity contribution < 1.29 is 4.39 Å². The van der Waals surface area contributed by atoms with Crippen LogP contribution in [0.25, 0.3) is 11.4 Å². The minimum Gasteiger partial charge on any atom is -0.311 e. The fourth-order valence-corrected chi connectivity index (χ4v) is 1.81. The summed E-state index contributed by atoms with van der Waals surface area (Å²) in [6.07, 6.45) is 2.83. The summed E-state index contributed by atoms with van der Waals surface area (Å²) in [4.78, 5) is 8.74. The van der Waals surface area contributed by atoms with Gasteiger partial charge in [-0.2, -0.15) is 0 Å². The highest BCUT2D eigenvalue weighted by molar-refractivity contribution is 5.56. The van der Waals surface area contributed by atoms with Crippen LogP contribution in [0.1, 0.15) is 24.6 Å². The maximum Gasteiger partial charge on any atom is 0.159 e. The van der Waals surface area contributed by atoms with Crippen LogP contribution in [0.3, 0.4) is 0 Å². The van der Waals surface area contributed by atoms with Crippen LogP contribution in [0.4, 0.5) is 4.39 Å². The number of benzene rings is 1. The zero-order valence-corrected chi connectivity index (χ0v) is 11.3. The van der Waals surface area contributed by atoms with Crippen LogP contribution in [-0.4, -0.2) is 16.5 Å². The van der Waals surface area contributed by atoms with Crippen LogP contribution < -0.4 is 5.32 Å². The van der Waals surface area contributed by atoms with Gasteiger partial charge in [0.2, 0.25) is 0 Å². The van der Waals surface area contributed by atoms with Gasteiger partial charge in [0, 0.05) is 18.3 Å². The molecule has 3 nitrogen and oxygen atoms in total. The van der Waals surface area contributed by atoms with Gasteiger partial charge in [-0.3, -0.25) is 0 Å². The molecule has 0 saturated carbocycles. The fourth-order valence-electron chi connectivity index (χ4n) is 1.81. The van der Waals surface area contributed by atoms with Gasteiger partial charge in [0.1, 0.15) is 5.82 Å². The smallest absolute Gasteiger partial charge is 0.159 e. The molecule has 1 aromatic heterocycles. The normalized spacial score (nSPS) is 10.7. The van der Waals surface area contributed by atoms with E-state index in [1.807, 2.05) is 6.07 Å². The third-order valence-corrected chi connectivity index (χ3v) is 2.86. The molecule has 0 radical (unpaired) electrons. The molecule has 0 atom stereocenters. The Labute approximate surface area is 112 Å². The monoisotopic (exact) mass is 259 g/mol. The van der Waals surface area contributed by atoms with Crippen LogP contribution in [0.2, 0.25) is 0 Å². The molecule has 2 rings (SSSR count). The molecule has 0 bridgehead atoms. The summed E-state index contributed by atoms with van der Waals surface area (Å²) in [6, 6.07) is 6.83. The van der Waals surface area contributed by atoms with Gasteiger partial charge in [0.25, 0.3) is 0 Å². The van der Waals surface area contributed by atoms with Crippen LogP contribution >= 0.6 is 0 Å². The maximum atomic E-state index is 13.2. The summed E-state index contributed by atoms with van der Waals surface area (Å²) in [7, 11) is 0. The lowest BCUT2D eigenvalue weighted by Crippen LogP contribution is -2.15. The van der Waals surface area contributed by atoms with E-state index in [-0.39, 0.29) is 5.82 Å². The molecule has 0 aliphatic carbocycles. The Morgan fingerprint density at radius 1 is 1.26 bits per heavy atom. The van der Waals surface area contributed by atoms with E-state index < -0.39 is 0 Å². The second-order valence-corrected chi connectivity index (χ2v) is 4.51. The summed E-state index contributed by atoms with van der Waals surface area (Å²) < 4.78 is 13.2. The standard InChI is InChI=1S/C15H18FN3/c1-3-7-17-10-13-6-8-18-15(19-13)12-4-5-14(16)11(2)9-12/h4-6,8-9,17H,3,7,10H2,1-2H3. The molecule has 0 fully saturated rings. The first-order valence-electron chi connectivity index (χ1n) is 6.50. The molecular formula is C15H18FN3. The highest BCUT2D eigenvalue weighted by atomic mass is 19.1. The lowest BCUT2D eigenvalue weighted by molar-refractivity contribution is 0.618. The second kappa shape index (κ2) is 6.38. The van der Waals surface area contributed by atoms with E-state index in [1.54, 1.807) is 25.3 Å². The topological polar surface area (TPSA) is 37.8 Å². The minimum atomic E-state index is -0.204. The zero-order chi connectivity index (χ0) is 13.7. The minimum absolute atomic E-state index is 0.204. The Morgan fingerprint density at radius 3 is 2.84 bits per heavy atom. The molecule has 0 unspecified atom stereocenters. The third kappa shape index (κ3) is 3.58. The highest BCUT2D eigenvalue weighted by Gasteiger charge is 2.05. The Kier molecular flexibility index (Phi) is 4.58. The predicted octanol–water partition coefficient (Wildman–Crippen LogP) is 3.09. The predicted molar refractivity (Wildman–Crippen MR) is 74.2 cm³/mol. The molecule has 0 saturated heterocycles. The second-order valence-electron chi connectivity index (χ2n) is 4.51. The quantitative estimate of drug-likeness (QED) is 0.838. The van der Waals surface area contributed by atoms with Gasteiger partial charge in [0.15, 0.2) is 5.82 Å². The van der Waals surface area contributed by atoms with E-state index in [0.717, 1.165) is 30.8 Å².